The molecule has 1 atom stereocenters. The van der Waals surface area contributed by atoms with E-state index >= 15 is 0 Å². The van der Waals surface area contributed by atoms with Gasteiger partial charge in [0.15, 0.2) is 0 Å². The molecule has 0 aliphatic carbocycles. The van der Waals surface area contributed by atoms with E-state index in [0.29, 0.717) is 6.04 Å². The first-order valence-electron chi connectivity index (χ1n) is 6.73. The van der Waals surface area contributed by atoms with Crippen molar-refractivity contribution in [2.75, 3.05) is 18.1 Å². The maximum absolute atomic E-state index is 13.1. The number of hydrogen-bond acceptors (Lipinski definition) is 2. The zero-order valence-corrected chi connectivity index (χ0v) is 12.4. The largest absolute Gasteiger partial charge is 0.313 e. The van der Waals surface area contributed by atoms with Gasteiger partial charge in [0.05, 0.1) is 0 Å². The van der Waals surface area contributed by atoms with Crippen LogP contribution in [0.25, 0.3) is 0 Å². The maximum Gasteiger partial charge on any atom is 0.123 e. The molecule has 1 aromatic rings. The van der Waals surface area contributed by atoms with E-state index in [1.165, 1.54) is 17.7 Å². The Labute approximate surface area is 115 Å². The standard InChI is InChI=1S/C15H24FNS/c1-4-8-18-11-15(17-5-2)10-13-6-7-14(16)9-12(13)3/h6-7,9,15,17H,4-5,8,10-11H2,1-3H3. The zero-order valence-electron chi connectivity index (χ0n) is 11.6. The third kappa shape index (κ3) is 5.40. The summed E-state index contributed by atoms with van der Waals surface area (Å²) in [5, 5.41) is 3.52. The third-order valence-electron chi connectivity index (χ3n) is 2.93. The van der Waals surface area contributed by atoms with E-state index in [1.807, 2.05) is 24.8 Å². The van der Waals surface area contributed by atoms with Crippen molar-refractivity contribution in [3.05, 3.63) is 35.1 Å². The van der Waals surface area contributed by atoms with Gasteiger partial charge in [-0.25, -0.2) is 4.39 Å². The van der Waals surface area contributed by atoms with Crippen molar-refractivity contribution in [2.45, 2.75) is 39.7 Å². The molecule has 0 aromatic heterocycles. The highest BCUT2D eigenvalue weighted by atomic mass is 32.2. The van der Waals surface area contributed by atoms with Gasteiger partial charge in [0, 0.05) is 11.8 Å². The van der Waals surface area contributed by atoms with Gasteiger partial charge in [-0.15, -0.1) is 0 Å². The van der Waals surface area contributed by atoms with Gasteiger partial charge in [-0.05, 0) is 55.3 Å². The quantitative estimate of drug-likeness (QED) is 0.720. The summed E-state index contributed by atoms with van der Waals surface area (Å²) in [5.74, 6) is 2.19. The summed E-state index contributed by atoms with van der Waals surface area (Å²) < 4.78 is 13.1. The van der Waals surface area contributed by atoms with Gasteiger partial charge in [-0.3, -0.25) is 0 Å². The van der Waals surface area contributed by atoms with Crippen LogP contribution < -0.4 is 5.32 Å². The number of hydrogen-bond donors (Lipinski definition) is 1. The molecule has 0 aliphatic rings. The van der Waals surface area contributed by atoms with Gasteiger partial charge in [0.25, 0.3) is 0 Å². The summed E-state index contributed by atoms with van der Waals surface area (Å²) in [6, 6.07) is 5.58. The first-order valence-corrected chi connectivity index (χ1v) is 7.89. The highest BCUT2D eigenvalue weighted by molar-refractivity contribution is 7.99. The summed E-state index contributed by atoms with van der Waals surface area (Å²) in [7, 11) is 0. The molecular weight excluding hydrogens is 245 g/mol. The van der Waals surface area contributed by atoms with E-state index in [9.17, 15) is 4.39 Å². The van der Waals surface area contributed by atoms with Crippen LogP contribution in [-0.2, 0) is 6.42 Å². The summed E-state index contributed by atoms with van der Waals surface area (Å²) in [6.07, 6.45) is 2.20. The third-order valence-corrected chi connectivity index (χ3v) is 4.27. The lowest BCUT2D eigenvalue weighted by Gasteiger charge is -2.18. The molecule has 0 bridgehead atoms. The van der Waals surface area contributed by atoms with E-state index in [1.54, 1.807) is 12.1 Å². The molecule has 18 heavy (non-hydrogen) atoms. The van der Waals surface area contributed by atoms with Gasteiger partial charge in [-0.2, -0.15) is 11.8 Å². The highest BCUT2D eigenvalue weighted by Crippen LogP contribution is 2.15. The Morgan fingerprint density at radius 3 is 2.72 bits per heavy atom. The average Bonchev–Trinajstić information content (AvgIpc) is 2.33. The molecule has 1 rings (SSSR count). The number of nitrogens with one attached hydrogen (secondary N) is 1. The van der Waals surface area contributed by atoms with Gasteiger partial charge in [0.2, 0.25) is 0 Å². The predicted octanol–water partition coefficient (Wildman–Crippen LogP) is 3.80. The van der Waals surface area contributed by atoms with Crippen LogP contribution >= 0.6 is 11.8 Å². The number of halogens is 1. The first-order chi connectivity index (χ1) is 8.67. The van der Waals surface area contributed by atoms with Crippen LogP contribution in [0.3, 0.4) is 0 Å². The minimum absolute atomic E-state index is 0.142. The van der Waals surface area contributed by atoms with Crippen LogP contribution in [0.1, 0.15) is 31.4 Å². The van der Waals surface area contributed by atoms with Crippen molar-refractivity contribution in [1.82, 2.24) is 5.32 Å². The fourth-order valence-electron chi connectivity index (χ4n) is 2.00. The molecule has 1 unspecified atom stereocenters. The van der Waals surface area contributed by atoms with Gasteiger partial charge in [0.1, 0.15) is 5.82 Å². The fourth-order valence-corrected chi connectivity index (χ4v) is 2.98. The highest BCUT2D eigenvalue weighted by Gasteiger charge is 2.10. The molecule has 3 heteroatoms. The van der Waals surface area contributed by atoms with Crippen LogP contribution in [0.15, 0.2) is 18.2 Å². The normalized spacial score (nSPS) is 12.7. The molecule has 1 aromatic carbocycles. The Kier molecular flexibility index (Phi) is 7.36. The summed E-state index contributed by atoms with van der Waals surface area (Å²) in [6.45, 7) is 7.31. The second-order valence-corrected chi connectivity index (χ2v) is 5.75. The molecule has 0 amide bonds. The Morgan fingerprint density at radius 1 is 1.33 bits per heavy atom. The smallest absolute Gasteiger partial charge is 0.123 e. The summed E-state index contributed by atoms with van der Waals surface area (Å²) in [5.41, 5.74) is 2.30. The Morgan fingerprint density at radius 2 is 2.11 bits per heavy atom. The molecule has 0 saturated carbocycles. The minimum atomic E-state index is -0.142. The van der Waals surface area contributed by atoms with Crippen molar-refractivity contribution < 1.29 is 4.39 Å². The second kappa shape index (κ2) is 8.54. The molecule has 0 spiro atoms. The van der Waals surface area contributed by atoms with Crippen molar-refractivity contribution >= 4 is 11.8 Å². The molecule has 1 N–H and O–H groups in total. The molecular formula is C15H24FNS. The van der Waals surface area contributed by atoms with Crippen molar-refractivity contribution in [2.24, 2.45) is 0 Å². The molecule has 0 aliphatic heterocycles. The van der Waals surface area contributed by atoms with E-state index in [2.05, 4.69) is 19.2 Å². The van der Waals surface area contributed by atoms with Crippen LogP contribution in [0.4, 0.5) is 4.39 Å². The maximum atomic E-state index is 13.1. The summed E-state index contributed by atoms with van der Waals surface area (Å²) >= 11 is 1.99. The number of aryl methyl sites for hydroxylation is 1. The zero-order chi connectivity index (χ0) is 13.4. The number of likely N-dealkylation sites (N-methyl/N-ethyl adjacent to an activating group) is 1. The summed E-state index contributed by atoms with van der Waals surface area (Å²) in [4.78, 5) is 0. The Hall–Kier alpha value is -0.540. The van der Waals surface area contributed by atoms with E-state index in [-0.39, 0.29) is 5.82 Å². The van der Waals surface area contributed by atoms with Crippen LogP contribution in [-0.4, -0.2) is 24.1 Å². The fraction of sp³-hybridized carbons (Fsp3) is 0.600. The number of thioether (sulfide) groups is 1. The Bertz CT molecular complexity index is 354. The van der Waals surface area contributed by atoms with Gasteiger partial charge < -0.3 is 5.32 Å². The average molecular weight is 269 g/mol. The SMILES string of the molecule is CCCSCC(Cc1ccc(F)cc1C)NCC. The molecule has 0 saturated heterocycles. The lowest BCUT2D eigenvalue weighted by atomic mass is 10.0. The number of rotatable bonds is 8. The van der Waals surface area contributed by atoms with E-state index < -0.39 is 0 Å². The molecule has 0 heterocycles. The minimum Gasteiger partial charge on any atom is -0.313 e. The van der Waals surface area contributed by atoms with Crippen molar-refractivity contribution in [1.29, 1.82) is 0 Å². The topological polar surface area (TPSA) is 12.0 Å². The lowest BCUT2D eigenvalue weighted by Crippen LogP contribution is -2.33. The molecule has 1 nitrogen and oxygen atoms in total. The monoisotopic (exact) mass is 269 g/mol. The van der Waals surface area contributed by atoms with Crippen LogP contribution in [0.5, 0.6) is 0 Å². The van der Waals surface area contributed by atoms with Crippen molar-refractivity contribution in [3.8, 4) is 0 Å². The van der Waals surface area contributed by atoms with Crippen LogP contribution in [0.2, 0.25) is 0 Å². The first kappa shape index (κ1) is 15.5. The Balaban J connectivity index is 2.58. The van der Waals surface area contributed by atoms with Gasteiger partial charge >= 0.3 is 0 Å². The predicted molar refractivity (Wildman–Crippen MR) is 79.9 cm³/mol. The van der Waals surface area contributed by atoms with Gasteiger partial charge in [-0.1, -0.05) is 19.9 Å². The second-order valence-electron chi connectivity index (χ2n) is 4.60. The molecule has 0 radical (unpaired) electrons. The van der Waals surface area contributed by atoms with Crippen molar-refractivity contribution in [3.63, 3.8) is 0 Å². The number of benzene rings is 1. The van der Waals surface area contributed by atoms with E-state index in [4.69, 9.17) is 0 Å². The van der Waals surface area contributed by atoms with Crippen LogP contribution in [0, 0.1) is 12.7 Å². The molecule has 102 valence electrons. The lowest BCUT2D eigenvalue weighted by molar-refractivity contribution is 0.569. The van der Waals surface area contributed by atoms with E-state index in [0.717, 1.165) is 24.3 Å². The molecule has 0 fully saturated rings.